The van der Waals surface area contributed by atoms with Gasteiger partial charge in [0.15, 0.2) is 5.82 Å². The molecule has 1 heterocycles. The molecular weight excluding hydrogens is 404 g/mol. The highest BCUT2D eigenvalue weighted by Gasteiger charge is 2.23. The monoisotopic (exact) mass is 424 g/mol. The molecule has 134 valence electrons. The Morgan fingerprint density at radius 3 is 3.04 bits per heavy atom. The minimum atomic E-state index is 0.0143. The number of thioether (sulfide) groups is 1. The van der Waals surface area contributed by atoms with E-state index in [0.29, 0.717) is 22.5 Å². The van der Waals surface area contributed by atoms with Crippen molar-refractivity contribution in [1.29, 1.82) is 0 Å². The van der Waals surface area contributed by atoms with Crippen molar-refractivity contribution in [1.82, 2.24) is 20.5 Å². The van der Waals surface area contributed by atoms with E-state index in [1.165, 1.54) is 31.0 Å². The number of carbonyl (C=O) groups excluding carboxylic acids is 1. The topological polar surface area (TPSA) is 90.9 Å². The van der Waals surface area contributed by atoms with Crippen LogP contribution < -0.4 is 5.32 Å². The van der Waals surface area contributed by atoms with E-state index in [2.05, 4.69) is 43.4 Å². The Labute approximate surface area is 159 Å². The zero-order valence-electron chi connectivity index (χ0n) is 14.0. The summed E-state index contributed by atoms with van der Waals surface area (Å²) in [6, 6.07) is 5.39. The Bertz CT molecular complexity index is 752. The third kappa shape index (κ3) is 4.76. The fourth-order valence-electron chi connectivity index (χ4n) is 3.04. The molecule has 1 aromatic heterocycles. The van der Waals surface area contributed by atoms with Crippen LogP contribution in [0.5, 0.6) is 5.75 Å². The number of H-pyrrole nitrogens is 1. The van der Waals surface area contributed by atoms with E-state index in [4.69, 9.17) is 0 Å². The summed E-state index contributed by atoms with van der Waals surface area (Å²) in [6.07, 6.45) is 4.68. The summed E-state index contributed by atoms with van der Waals surface area (Å²) in [5.74, 6) is 1.44. The zero-order valence-corrected chi connectivity index (χ0v) is 16.4. The minimum absolute atomic E-state index is 0.0143. The van der Waals surface area contributed by atoms with Crippen LogP contribution in [0.25, 0.3) is 11.4 Å². The molecule has 0 saturated heterocycles. The molecule has 1 amide bonds. The number of aromatic amines is 1. The molecular formula is C17H21BrN4O2S. The smallest absolute Gasteiger partial charge is 0.230 e. The van der Waals surface area contributed by atoms with Crippen molar-refractivity contribution in [3.05, 3.63) is 22.7 Å². The van der Waals surface area contributed by atoms with Crippen LogP contribution in [0.4, 0.5) is 0 Å². The lowest BCUT2D eigenvalue weighted by molar-refractivity contribution is -0.119. The number of phenolic OH excluding ortho intramolecular Hbond substituents is 1. The first-order valence-corrected chi connectivity index (χ1v) is 10.1. The van der Waals surface area contributed by atoms with Crippen LogP contribution in [0.15, 0.2) is 27.8 Å². The molecule has 0 bridgehead atoms. The molecule has 1 saturated carbocycles. The third-order valence-electron chi connectivity index (χ3n) is 4.47. The summed E-state index contributed by atoms with van der Waals surface area (Å²) in [4.78, 5) is 16.5. The van der Waals surface area contributed by atoms with Crippen LogP contribution in [0.2, 0.25) is 0 Å². The molecule has 1 aliphatic carbocycles. The molecule has 3 rings (SSSR count). The summed E-state index contributed by atoms with van der Waals surface area (Å²) >= 11 is 4.66. The Hall–Kier alpha value is -1.54. The number of nitrogens with zero attached hydrogens (tertiary/aromatic N) is 2. The minimum Gasteiger partial charge on any atom is -0.507 e. The second-order valence-electron chi connectivity index (χ2n) is 6.35. The Balaban J connectivity index is 1.56. The fourth-order valence-corrected chi connectivity index (χ4v) is 4.01. The van der Waals surface area contributed by atoms with E-state index in [-0.39, 0.29) is 23.5 Å². The summed E-state index contributed by atoms with van der Waals surface area (Å²) in [5.41, 5.74) is 0.564. The molecule has 0 radical (unpaired) electrons. The lowest BCUT2D eigenvalue weighted by Crippen LogP contribution is -2.41. The Kier molecular flexibility index (Phi) is 6.01. The van der Waals surface area contributed by atoms with Gasteiger partial charge in [-0.1, -0.05) is 47.5 Å². The summed E-state index contributed by atoms with van der Waals surface area (Å²) < 4.78 is 0.840. The Morgan fingerprint density at radius 1 is 1.44 bits per heavy atom. The number of rotatable bonds is 5. The van der Waals surface area contributed by atoms with Gasteiger partial charge in [0.2, 0.25) is 11.1 Å². The number of aromatic hydroxyl groups is 1. The molecule has 1 aromatic carbocycles. The van der Waals surface area contributed by atoms with Gasteiger partial charge in [0.1, 0.15) is 5.75 Å². The molecule has 3 N–H and O–H groups in total. The second kappa shape index (κ2) is 8.23. The highest BCUT2D eigenvalue weighted by atomic mass is 79.9. The maximum atomic E-state index is 12.2. The van der Waals surface area contributed by atoms with Crippen molar-refractivity contribution >= 4 is 33.6 Å². The number of amides is 1. The highest BCUT2D eigenvalue weighted by molar-refractivity contribution is 9.10. The number of halogens is 1. The second-order valence-corrected chi connectivity index (χ2v) is 8.21. The largest absolute Gasteiger partial charge is 0.507 e. The first-order chi connectivity index (χ1) is 12.0. The van der Waals surface area contributed by atoms with Gasteiger partial charge >= 0.3 is 0 Å². The molecule has 6 nitrogen and oxygen atoms in total. The van der Waals surface area contributed by atoms with Gasteiger partial charge in [-0.05, 0) is 37.0 Å². The fraction of sp³-hybridized carbons (Fsp3) is 0.471. The van der Waals surface area contributed by atoms with E-state index in [9.17, 15) is 9.90 Å². The average Bonchev–Trinajstić information content (AvgIpc) is 3.06. The summed E-state index contributed by atoms with van der Waals surface area (Å²) in [6.45, 7) is 2.20. The molecule has 0 unspecified atom stereocenters. The van der Waals surface area contributed by atoms with E-state index < -0.39 is 0 Å². The molecule has 8 heteroatoms. The number of aromatic nitrogens is 3. The van der Waals surface area contributed by atoms with Crippen molar-refractivity contribution in [3.8, 4) is 17.1 Å². The number of hydrogen-bond donors (Lipinski definition) is 3. The van der Waals surface area contributed by atoms with Gasteiger partial charge in [0.05, 0.1) is 11.3 Å². The van der Waals surface area contributed by atoms with E-state index in [0.717, 1.165) is 10.9 Å². The average molecular weight is 425 g/mol. The number of nitrogens with one attached hydrogen (secondary N) is 2. The number of carbonyl (C=O) groups is 1. The standard InChI is InChI=1S/C17H21BrN4O2S/c1-10-4-2-3-5-13(10)19-15(24)9-25-17-20-16(21-22-17)12-8-11(18)6-7-14(12)23/h6-8,10,13,23H,2-5,9H2,1H3,(H,19,24)(H,20,21,22)/t10-,13-/m0/s1. The van der Waals surface area contributed by atoms with Gasteiger partial charge in [-0.3, -0.25) is 9.89 Å². The van der Waals surface area contributed by atoms with Crippen LogP contribution in [-0.2, 0) is 4.79 Å². The molecule has 1 fully saturated rings. The lowest BCUT2D eigenvalue weighted by atomic mass is 9.86. The van der Waals surface area contributed by atoms with Crippen molar-refractivity contribution in [2.24, 2.45) is 5.92 Å². The summed E-state index contributed by atoms with van der Waals surface area (Å²) in [5, 5.41) is 20.5. The van der Waals surface area contributed by atoms with Crippen molar-refractivity contribution in [2.45, 2.75) is 43.8 Å². The van der Waals surface area contributed by atoms with Crippen molar-refractivity contribution < 1.29 is 9.90 Å². The molecule has 25 heavy (non-hydrogen) atoms. The van der Waals surface area contributed by atoms with E-state index in [1.807, 2.05) is 0 Å². The maximum Gasteiger partial charge on any atom is 0.230 e. The van der Waals surface area contributed by atoms with E-state index >= 15 is 0 Å². The third-order valence-corrected chi connectivity index (χ3v) is 5.81. The van der Waals surface area contributed by atoms with Gasteiger partial charge < -0.3 is 10.4 Å². The van der Waals surface area contributed by atoms with Crippen molar-refractivity contribution in [2.75, 3.05) is 5.75 Å². The lowest BCUT2D eigenvalue weighted by Gasteiger charge is -2.29. The van der Waals surface area contributed by atoms with Gasteiger partial charge in [-0.15, -0.1) is 5.10 Å². The van der Waals surface area contributed by atoms with Gasteiger partial charge in [-0.25, -0.2) is 4.98 Å². The van der Waals surface area contributed by atoms with Crippen molar-refractivity contribution in [3.63, 3.8) is 0 Å². The molecule has 0 aliphatic heterocycles. The Morgan fingerprint density at radius 2 is 2.24 bits per heavy atom. The van der Waals surface area contributed by atoms with Gasteiger partial charge in [-0.2, -0.15) is 0 Å². The number of phenols is 1. The number of hydrogen-bond acceptors (Lipinski definition) is 5. The molecule has 0 spiro atoms. The molecule has 1 aliphatic rings. The molecule has 2 aromatic rings. The normalized spacial score (nSPS) is 20.4. The molecule has 2 atom stereocenters. The van der Waals surface area contributed by atoms with Crippen LogP contribution in [0.3, 0.4) is 0 Å². The zero-order chi connectivity index (χ0) is 17.8. The predicted molar refractivity (Wildman–Crippen MR) is 101 cm³/mol. The summed E-state index contributed by atoms with van der Waals surface area (Å²) in [7, 11) is 0. The quantitative estimate of drug-likeness (QED) is 0.636. The van der Waals surface area contributed by atoms with Crippen LogP contribution in [-0.4, -0.2) is 38.0 Å². The number of benzene rings is 1. The van der Waals surface area contributed by atoms with Gasteiger partial charge in [0, 0.05) is 10.5 Å². The maximum absolute atomic E-state index is 12.2. The highest BCUT2D eigenvalue weighted by Crippen LogP contribution is 2.30. The SMILES string of the molecule is C[C@H]1CCCC[C@@H]1NC(=O)CSc1n[nH]c(-c2cc(Br)ccc2O)n1. The first kappa shape index (κ1) is 18.3. The van der Waals surface area contributed by atoms with Gasteiger partial charge in [0.25, 0.3) is 0 Å². The van der Waals surface area contributed by atoms with Crippen LogP contribution >= 0.6 is 27.7 Å². The van der Waals surface area contributed by atoms with Crippen LogP contribution in [0, 0.1) is 5.92 Å². The first-order valence-electron chi connectivity index (χ1n) is 8.36. The van der Waals surface area contributed by atoms with E-state index in [1.54, 1.807) is 18.2 Å². The van der Waals surface area contributed by atoms with Crippen LogP contribution in [0.1, 0.15) is 32.6 Å². The predicted octanol–water partition coefficient (Wildman–Crippen LogP) is 3.73.